The molecule has 4 rings (SSSR count). The first-order valence-electron chi connectivity index (χ1n) is 8.64. The summed E-state index contributed by atoms with van der Waals surface area (Å²) in [4.78, 5) is 35.4. The van der Waals surface area contributed by atoms with Crippen LogP contribution >= 0.6 is 0 Å². The van der Waals surface area contributed by atoms with Crippen molar-refractivity contribution in [1.29, 1.82) is 0 Å². The van der Waals surface area contributed by atoms with Gasteiger partial charge < -0.3 is 9.84 Å². The van der Waals surface area contributed by atoms with Crippen LogP contribution in [-0.2, 0) is 9.59 Å². The maximum atomic E-state index is 12.6. The van der Waals surface area contributed by atoms with Gasteiger partial charge in [-0.2, -0.15) is 10.1 Å². The van der Waals surface area contributed by atoms with E-state index in [4.69, 9.17) is 4.74 Å². The quantitative estimate of drug-likeness (QED) is 0.252. The average Bonchev–Trinajstić information content (AvgIpc) is 3.30. The van der Waals surface area contributed by atoms with Crippen molar-refractivity contribution in [3.63, 3.8) is 0 Å². The highest BCUT2D eigenvalue weighted by Crippen LogP contribution is 2.52. The van der Waals surface area contributed by atoms with Gasteiger partial charge in [0, 0.05) is 17.4 Å². The summed E-state index contributed by atoms with van der Waals surface area (Å²) in [5.41, 5.74) is -0.455. The van der Waals surface area contributed by atoms with Crippen LogP contribution in [0.15, 0.2) is 29.4 Å². The van der Waals surface area contributed by atoms with Crippen molar-refractivity contribution in [2.45, 2.75) is 13.3 Å². The number of amides is 2. The van der Waals surface area contributed by atoms with Crippen LogP contribution in [0.25, 0.3) is 0 Å². The summed E-state index contributed by atoms with van der Waals surface area (Å²) in [6.07, 6.45) is 5.95. The Hall–Kier alpha value is -3.23. The third kappa shape index (κ3) is 2.57. The number of allylic oxidation sites excluding steroid dienone is 2. The maximum Gasteiger partial charge on any atom is 0.266 e. The van der Waals surface area contributed by atoms with Crippen LogP contribution in [0.1, 0.15) is 18.9 Å². The molecule has 2 aliphatic carbocycles. The van der Waals surface area contributed by atoms with E-state index in [9.17, 15) is 24.8 Å². The zero-order valence-electron chi connectivity index (χ0n) is 14.4. The predicted octanol–water partition coefficient (Wildman–Crippen LogP) is 1.21. The molecular weight excluding hydrogens is 354 g/mol. The Morgan fingerprint density at radius 3 is 2.44 bits per heavy atom. The molecule has 0 unspecified atom stereocenters. The Kier molecular flexibility index (Phi) is 3.94. The van der Waals surface area contributed by atoms with Crippen molar-refractivity contribution < 1.29 is 24.4 Å². The molecule has 2 bridgehead atoms. The third-order valence-electron chi connectivity index (χ3n) is 5.32. The number of nitro benzene ring substituents is 1. The highest BCUT2D eigenvalue weighted by atomic mass is 16.6. The Morgan fingerprint density at radius 2 is 1.89 bits per heavy atom. The van der Waals surface area contributed by atoms with Crippen molar-refractivity contribution in [2.24, 2.45) is 28.8 Å². The molecule has 4 atom stereocenters. The van der Waals surface area contributed by atoms with Crippen LogP contribution in [-0.4, -0.2) is 34.6 Å². The molecule has 1 heterocycles. The van der Waals surface area contributed by atoms with Gasteiger partial charge in [0.2, 0.25) is 0 Å². The summed E-state index contributed by atoms with van der Waals surface area (Å²) in [7, 11) is 0. The number of carbonyl (C=O) groups is 2. The van der Waals surface area contributed by atoms with Gasteiger partial charge in [0.25, 0.3) is 17.5 Å². The van der Waals surface area contributed by atoms with Crippen LogP contribution in [0.5, 0.6) is 11.5 Å². The van der Waals surface area contributed by atoms with Gasteiger partial charge in [0.1, 0.15) is 5.75 Å². The van der Waals surface area contributed by atoms with E-state index < -0.39 is 16.4 Å². The average molecular weight is 370 g/mol. The molecule has 1 aromatic carbocycles. The fourth-order valence-electron chi connectivity index (χ4n) is 4.21. The van der Waals surface area contributed by atoms with Gasteiger partial charge in [0.15, 0.2) is 0 Å². The van der Waals surface area contributed by atoms with Gasteiger partial charge >= 0.3 is 0 Å². The monoisotopic (exact) mass is 370 g/mol. The number of nitrogens with zero attached hydrogens (tertiary/aromatic N) is 3. The highest BCUT2D eigenvalue weighted by Gasteiger charge is 2.59. The first kappa shape index (κ1) is 17.2. The molecule has 9 nitrogen and oxygen atoms in total. The topological polar surface area (TPSA) is 125 Å². The number of nitro groups is 1. The number of hydrogen-bond acceptors (Lipinski definition) is 7. The van der Waals surface area contributed by atoms with Crippen LogP contribution in [0.4, 0.5) is 5.69 Å². The number of ether oxygens (including phenoxy) is 1. The lowest BCUT2D eigenvalue weighted by molar-refractivity contribution is -0.398. The number of fused-ring (bicyclic) bond motifs is 5. The van der Waals surface area contributed by atoms with E-state index in [1.165, 1.54) is 12.3 Å². The SMILES string of the molecule is CCOc1cc(/C=N\N2C(=O)[C@@H]3[C@H](C2=O)[C@@H]2C=C[C@H]3C2)cc([N+](=O)[O-])c1[O-]. The molecule has 0 spiro atoms. The van der Waals surface area contributed by atoms with Gasteiger partial charge in [0.05, 0.1) is 29.6 Å². The number of hydrogen-bond donors (Lipinski definition) is 0. The second-order valence-corrected chi connectivity index (χ2v) is 6.79. The molecule has 140 valence electrons. The Morgan fingerprint density at radius 1 is 1.26 bits per heavy atom. The Bertz CT molecular complexity index is 879. The van der Waals surface area contributed by atoms with Crippen molar-refractivity contribution in [2.75, 3.05) is 6.61 Å². The van der Waals surface area contributed by atoms with Crippen molar-refractivity contribution in [1.82, 2.24) is 5.01 Å². The molecule has 9 heteroatoms. The zero-order chi connectivity index (χ0) is 19.3. The van der Waals surface area contributed by atoms with Crippen LogP contribution < -0.4 is 9.84 Å². The van der Waals surface area contributed by atoms with E-state index in [0.29, 0.717) is 0 Å². The normalized spacial score (nSPS) is 28.4. The predicted molar refractivity (Wildman–Crippen MR) is 90.9 cm³/mol. The van der Waals surface area contributed by atoms with Gasteiger partial charge in [-0.3, -0.25) is 19.7 Å². The molecule has 0 N–H and O–H groups in total. The molecular formula is C18H16N3O6-. The van der Waals surface area contributed by atoms with Crippen LogP contribution in [0, 0.1) is 33.8 Å². The lowest BCUT2D eigenvalue weighted by Crippen LogP contribution is -2.28. The fourth-order valence-corrected chi connectivity index (χ4v) is 4.21. The van der Waals surface area contributed by atoms with E-state index in [1.807, 2.05) is 12.2 Å². The number of rotatable bonds is 5. The number of benzene rings is 1. The third-order valence-corrected chi connectivity index (χ3v) is 5.32. The van der Waals surface area contributed by atoms with Crippen molar-refractivity contribution in [3.8, 4) is 11.5 Å². The first-order chi connectivity index (χ1) is 12.9. The summed E-state index contributed by atoms with van der Waals surface area (Å²) >= 11 is 0. The minimum absolute atomic E-state index is 0.0713. The first-order valence-corrected chi connectivity index (χ1v) is 8.64. The molecule has 2 fully saturated rings. The lowest BCUT2D eigenvalue weighted by Gasteiger charge is -2.15. The van der Waals surface area contributed by atoms with E-state index in [-0.39, 0.29) is 53.4 Å². The molecule has 2 amide bonds. The van der Waals surface area contributed by atoms with Gasteiger partial charge in [-0.15, -0.1) is 0 Å². The molecule has 1 saturated heterocycles. The molecule has 1 aliphatic heterocycles. The van der Waals surface area contributed by atoms with E-state index >= 15 is 0 Å². The van der Waals surface area contributed by atoms with Gasteiger partial charge in [-0.05, 0) is 31.2 Å². The van der Waals surface area contributed by atoms with Crippen LogP contribution in [0.3, 0.4) is 0 Å². The van der Waals surface area contributed by atoms with E-state index in [2.05, 4.69) is 5.10 Å². The fraction of sp³-hybridized carbons (Fsp3) is 0.389. The smallest absolute Gasteiger partial charge is 0.266 e. The minimum atomic E-state index is -0.829. The van der Waals surface area contributed by atoms with Crippen LogP contribution in [0.2, 0.25) is 0 Å². The van der Waals surface area contributed by atoms with Gasteiger partial charge in [-0.1, -0.05) is 12.2 Å². The van der Waals surface area contributed by atoms with E-state index in [1.54, 1.807) is 6.92 Å². The molecule has 1 saturated carbocycles. The van der Waals surface area contributed by atoms with Crippen molar-refractivity contribution >= 4 is 23.7 Å². The Balaban J connectivity index is 1.63. The summed E-state index contributed by atoms with van der Waals surface area (Å²) in [6.45, 7) is 1.81. The van der Waals surface area contributed by atoms with E-state index in [0.717, 1.165) is 17.5 Å². The van der Waals surface area contributed by atoms with Gasteiger partial charge in [-0.25, -0.2) is 0 Å². The van der Waals surface area contributed by atoms with Crippen molar-refractivity contribution in [3.05, 3.63) is 40.0 Å². The molecule has 27 heavy (non-hydrogen) atoms. The molecule has 0 radical (unpaired) electrons. The zero-order valence-corrected chi connectivity index (χ0v) is 14.4. The minimum Gasteiger partial charge on any atom is -0.865 e. The second-order valence-electron chi connectivity index (χ2n) is 6.79. The maximum absolute atomic E-state index is 12.6. The summed E-state index contributed by atoms with van der Waals surface area (Å²) in [6, 6.07) is 2.35. The Labute approximate surface area is 154 Å². The second kappa shape index (κ2) is 6.19. The molecule has 0 aromatic heterocycles. The summed E-state index contributed by atoms with van der Waals surface area (Å²) in [5, 5.41) is 27.9. The standard InChI is InChI=1S/C18H17N3O6/c1-2-27-13-6-9(5-12(16(13)22)21(25)26)8-19-20-17(23)14-10-3-4-11(7-10)15(14)18(20)24/h3-6,8,10-11,14-15,22H,2,7H2,1H3/p-1/b19-8-/t10-,11+,14-,15+. The largest absolute Gasteiger partial charge is 0.865 e. The number of imide groups is 1. The molecule has 1 aromatic rings. The highest BCUT2D eigenvalue weighted by molar-refractivity contribution is 6.06. The lowest BCUT2D eigenvalue weighted by atomic mass is 9.85. The molecule has 3 aliphatic rings. The summed E-state index contributed by atoms with van der Waals surface area (Å²) in [5.74, 6) is -2.31. The number of carbonyl (C=O) groups excluding carboxylic acids is 2. The number of hydrazone groups is 1. The summed E-state index contributed by atoms with van der Waals surface area (Å²) < 4.78 is 5.14.